The molecule has 1 aliphatic rings. The molecule has 1 amide bonds. The van der Waals surface area contributed by atoms with Crippen LogP contribution in [0.3, 0.4) is 0 Å². The Hall–Kier alpha value is -2.54. The van der Waals surface area contributed by atoms with Gasteiger partial charge in [-0.25, -0.2) is 4.68 Å². The van der Waals surface area contributed by atoms with Crippen molar-refractivity contribution >= 4 is 34.8 Å². The molecule has 0 atom stereocenters. The van der Waals surface area contributed by atoms with Crippen molar-refractivity contribution in [2.45, 2.75) is 18.8 Å². The largest absolute Gasteiger partial charge is 0.495 e. The first-order valence-electron chi connectivity index (χ1n) is 9.76. The van der Waals surface area contributed by atoms with Crippen LogP contribution in [0.4, 0.5) is 5.69 Å². The second-order valence-electron chi connectivity index (χ2n) is 7.16. The zero-order valence-electron chi connectivity index (χ0n) is 16.5. The van der Waals surface area contributed by atoms with Gasteiger partial charge in [-0.15, -0.1) is 0 Å². The Morgan fingerprint density at radius 1 is 1.17 bits per heavy atom. The molecule has 156 valence electrons. The summed E-state index contributed by atoms with van der Waals surface area (Å²) in [6.45, 7) is 1.82. The Labute approximate surface area is 185 Å². The molecule has 3 aromatic rings. The van der Waals surface area contributed by atoms with Gasteiger partial charge in [0.2, 0.25) is 0 Å². The minimum atomic E-state index is -0.218. The quantitative estimate of drug-likeness (QED) is 0.586. The van der Waals surface area contributed by atoms with Crippen LogP contribution >= 0.6 is 23.2 Å². The highest BCUT2D eigenvalue weighted by atomic mass is 35.5. The van der Waals surface area contributed by atoms with Crippen LogP contribution < -0.4 is 15.4 Å². The minimum absolute atomic E-state index is 0.218. The summed E-state index contributed by atoms with van der Waals surface area (Å²) in [5.74, 6) is 0.565. The summed E-state index contributed by atoms with van der Waals surface area (Å²) >= 11 is 12.2. The van der Waals surface area contributed by atoms with Gasteiger partial charge in [-0.1, -0.05) is 23.2 Å². The van der Waals surface area contributed by atoms with Crippen molar-refractivity contribution in [1.29, 1.82) is 0 Å². The molecule has 2 N–H and O–H groups in total. The predicted octanol–water partition coefficient (Wildman–Crippen LogP) is 4.91. The molecule has 6 nitrogen and oxygen atoms in total. The Balaban J connectivity index is 1.69. The number of nitrogens with zero attached hydrogens (tertiary/aromatic N) is 2. The van der Waals surface area contributed by atoms with Crippen molar-refractivity contribution < 1.29 is 9.53 Å². The van der Waals surface area contributed by atoms with Gasteiger partial charge in [0, 0.05) is 16.6 Å². The number of aromatic nitrogens is 2. The number of piperidine rings is 1. The maximum absolute atomic E-state index is 13.2. The van der Waals surface area contributed by atoms with Crippen LogP contribution in [0.25, 0.3) is 5.69 Å². The number of anilines is 1. The number of carbonyl (C=O) groups is 1. The number of amides is 1. The van der Waals surface area contributed by atoms with E-state index in [-0.39, 0.29) is 11.8 Å². The van der Waals surface area contributed by atoms with Crippen molar-refractivity contribution in [3.05, 3.63) is 70.0 Å². The van der Waals surface area contributed by atoms with Gasteiger partial charge in [-0.05, 0) is 68.4 Å². The number of benzene rings is 2. The zero-order valence-corrected chi connectivity index (χ0v) is 18.0. The highest BCUT2D eigenvalue weighted by Crippen LogP contribution is 2.32. The molecule has 1 saturated heterocycles. The summed E-state index contributed by atoms with van der Waals surface area (Å²) in [5, 5.41) is 11.9. The molecular weight excluding hydrogens is 423 g/mol. The maximum Gasteiger partial charge on any atom is 0.259 e. The predicted molar refractivity (Wildman–Crippen MR) is 119 cm³/mol. The summed E-state index contributed by atoms with van der Waals surface area (Å²) in [6, 6.07) is 12.6. The number of hydrogen-bond donors (Lipinski definition) is 2. The van der Waals surface area contributed by atoms with E-state index in [1.54, 1.807) is 31.5 Å². The second kappa shape index (κ2) is 9.08. The first-order valence-corrected chi connectivity index (χ1v) is 10.5. The van der Waals surface area contributed by atoms with Crippen molar-refractivity contribution in [3.8, 4) is 11.4 Å². The van der Waals surface area contributed by atoms with Crippen molar-refractivity contribution in [2.24, 2.45) is 0 Å². The smallest absolute Gasteiger partial charge is 0.259 e. The van der Waals surface area contributed by atoms with Crippen molar-refractivity contribution in [3.63, 3.8) is 0 Å². The van der Waals surface area contributed by atoms with Gasteiger partial charge in [0.25, 0.3) is 5.91 Å². The first kappa shape index (κ1) is 20.7. The SMILES string of the molecule is COc1ccc(NC(=O)c2cnn(-c3ccc(Cl)cc3)c2C2CCNCC2)cc1Cl. The third-order valence-corrected chi connectivity index (χ3v) is 5.81. The fraction of sp³-hybridized carbons (Fsp3) is 0.273. The van der Waals surface area contributed by atoms with Crippen LogP contribution in [0.1, 0.15) is 34.8 Å². The number of nitrogens with one attached hydrogen (secondary N) is 2. The summed E-state index contributed by atoms with van der Waals surface area (Å²) < 4.78 is 7.02. The van der Waals surface area contributed by atoms with Crippen molar-refractivity contribution in [1.82, 2.24) is 15.1 Å². The third-order valence-electron chi connectivity index (χ3n) is 5.26. The lowest BCUT2D eigenvalue weighted by molar-refractivity contribution is 0.102. The van der Waals surface area contributed by atoms with E-state index in [4.69, 9.17) is 27.9 Å². The fourth-order valence-electron chi connectivity index (χ4n) is 3.75. The van der Waals surface area contributed by atoms with E-state index in [9.17, 15) is 4.79 Å². The topological polar surface area (TPSA) is 68.2 Å². The summed E-state index contributed by atoms with van der Waals surface area (Å²) in [7, 11) is 1.55. The highest BCUT2D eigenvalue weighted by Gasteiger charge is 2.27. The molecule has 0 bridgehead atoms. The Morgan fingerprint density at radius 3 is 2.57 bits per heavy atom. The monoisotopic (exact) mass is 444 g/mol. The molecule has 1 aliphatic heterocycles. The highest BCUT2D eigenvalue weighted by molar-refractivity contribution is 6.32. The molecular formula is C22H22Cl2N4O2. The van der Waals surface area contributed by atoms with Crippen LogP contribution in [-0.2, 0) is 0 Å². The van der Waals surface area contributed by atoms with E-state index >= 15 is 0 Å². The standard InChI is InChI=1S/C22H22Cl2N4O2/c1-30-20-7-4-16(12-19(20)24)27-22(29)18-13-26-28(17-5-2-15(23)3-6-17)21(18)14-8-10-25-11-9-14/h2-7,12-14,25H,8-11H2,1H3,(H,27,29). The van der Waals surface area contributed by atoms with E-state index in [1.165, 1.54) is 0 Å². The van der Waals surface area contributed by atoms with E-state index < -0.39 is 0 Å². The lowest BCUT2D eigenvalue weighted by Crippen LogP contribution is -2.29. The van der Waals surface area contributed by atoms with Crippen LogP contribution in [0.2, 0.25) is 10.0 Å². The Morgan fingerprint density at radius 2 is 1.90 bits per heavy atom. The fourth-order valence-corrected chi connectivity index (χ4v) is 4.14. The van der Waals surface area contributed by atoms with Gasteiger partial charge in [-0.3, -0.25) is 4.79 Å². The molecule has 0 saturated carbocycles. The normalized spacial score (nSPS) is 14.5. The lowest BCUT2D eigenvalue weighted by Gasteiger charge is -2.24. The molecule has 0 unspecified atom stereocenters. The van der Waals surface area contributed by atoms with Gasteiger partial charge < -0.3 is 15.4 Å². The van der Waals surface area contributed by atoms with E-state index in [2.05, 4.69) is 15.7 Å². The molecule has 0 spiro atoms. The van der Waals surface area contributed by atoms with E-state index in [0.717, 1.165) is 37.3 Å². The van der Waals surface area contributed by atoms with Gasteiger partial charge >= 0.3 is 0 Å². The van der Waals surface area contributed by atoms with Gasteiger partial charge in [0.15, 0.2) is 0 Å². The molecule has 30 heavy (non-hydrogen) atoms. The molecule has 0 radical (unpaired) electrons. The van der Waals surface area contributed by atoms with E-state index in [0.29, 0.717) is 27.0 Å². The molecule has 1 fully saturated rings. The van der Waals surface area contributed by atoms with E-state index in [1.807, 2.05) is 28.9 Å². The van der Waals surface area contributed by atoms with Crippen LogP contribution in [0.15, 0.2) is 48.7 Å². The van der Waals surface area contributed by atoms with Crippen LogP contribution in [0, 0.1) is 0 Å². The molecule has 4 rings (SSSR count). The molecule has 2 aromatic carbocycles. The Bertz CT molecular complexity index is 1040. The molecule has 1 aromatic heterocycles. The number of halogens is 2. The number of ether oxygens (including phenoxy) is 1. The maximum atomic E-state index is 13.2. The zero-order chi connectivity index (χ0) is 21.1. The Kier molecular flexibility index (Phi) is 6.27. The average Bonchev–Trinajstić information content (AvgIpc) is 3.20. The minimum Gasteiger partial charge on any atom is -0.495 e. The van der Waals surface area contributed by atoms with Gasteiger partial charge in [0.1, 0.15) is 5.75 Å². The second-order valence-corrected chi connectivity index (χ2v) is 8.00. The molecule has 0 aliphatic carbocycles. The molecule has 2 heterocycles. The average molecular weight is 445 g/mol. The van der Waals surface area contributed by atoms with Crippen LogP contribution in [-0.4, -0.2) is 35.9 Å². The first-order chi connectivity index (χ1) is 14.6. The number of methoxy groups -OCH3 is 1. The lowest BCUT2D eigenvalue weighted by atomic mass is 9.91. The van der Waals surface area contributed by atoms with Crippen LogP contribution in [0.5, 0.6) is 5.75 Å². The molecule has 8 heteroatoms. The third kappa shape index (κ3) is 4.31. The van der Waals surface area contributed by atoms with Gasteiger partial charge in [-0.2, -0.15) is 5.10 Å². The number of carbonyl (C=O) groups excluding carboxylic acids is 1. The summed E-state index contributed by atoms with van der Waals surface area (Å²) in [6.07, 6.45) is 3.51. The summed E-state index contributed by atoms with van der Waals surface area (Å²) in [4.78, 5) is 13.2. The number of rotatable bonds is 5. The number of hydrogen-bond acceptors (Lipinski definition) is 4. The summed E-state index contributed by atoms with van der Waals surface area (Å²) in [5.41, 5.74) is 2.94. The van der Waals surface area contributed by atoms with Gasteiger partial charge in [0.05, 0.1) is 35.3 Å². The van der Waals surface area contributed by atoms with Crippen molar-refractivity contribution in [2.75, 3.05) is 25.5 Å².